The van der Waals surface area contributed by atoms with Crippen LogP contribution in [-0.4, -0.2) is 50.8 Å². The van der Waals surface area contributed by atoms with Crippen molar-refractivity contribution in [2.75, 3.05) is 19.6 Å². The van der Waals surface area contributed by atoms with Crippen LogP contribution in [0.4, 0.5) is 8.78 Å². The van der Waals surface area contributed by atoms with Gasteiger partial charge in [0.25, 0.3) is 5.91 Å². The van der Waals surface area contributed by atoms with Crippen LogP contribution < -0.4 is 0 Å². The third-order valence-electron chi connectivity index (χ3n) is 5.40. The molecule has 0 bridgehead atoms. The predicted molar refractivity (Wildman–Crippen MR) is 93.9 cm³/mol. The Balaban J connectivity index is 1.48. The number of halogens is 2. The minimum absolute atomic E-state index is 0.0230. The molecular weight excluding hydrogens is 374 g/mol. The number of carbonyl (C=O) groups excluding carboxylic acids is 2. The van der Waals surface area contributed by atoms with E-state index in [1.54, 1.807) is 15.2 Å². The number of benzene rings is 1. The van der Waals surface area contributed by atoms with Crippen LogP contribution in [0.5, 0.6) is 0 Å². The summed E-state index contributed by atoms with van der Waals surface area (Å²) in [6.45, 7) is 1.67. The molecule has 2 saturated heterocycles. The Kier molecular flexibility index (Phi) is 4.63. The molecule has 3 heterocycles. The lowest BCUT2D eigenvalue weighted by atomic mass is 9.78. The Morgan fingerprint density at radius 1 is 1.22 bits per heavy atom. The lowest BCUT2D eigenvalue weighted by Gasteiger charge is -2.39. The molecule has 1 aromatic carbocycles. The summed E-state index contributed by atoms with van der Waals surface area (Å²) in [5.41, 5.74) is 0.258. The number of rotatable bonds is 3. The van der Waals surface area contributed by atoms with Crippen LogP contribution in [-0.2, 0) is 11.3 Å². The molecule has 0 saturated carbocycles. The van der Waals surface area contributed by atoms with Crippen molar-refractivity contribution in [1.82, 2.24) is 19.4 Å². The molecule has 2 aliphatic heterocycles. The number of nitrogens with zero attached hydrogens (tertiary/aromatic N) is 4. The van der Waals surface area contributed by atoms with E-state index in [0.29, 0.717) is 37.3 Å². The van der Waals surface area contributed by atoms with Gasteiger partial charge < -0.3 is 9.80 Å². The first-order chi connectivity index (χ1) is 13.0. The Hall–Kier alpha value is -2.42. The van der Waals surface area contributed by atoms with Crippen LogP contribution in [0.25, 0.3) is 0 Å². The molecule has 0 N–H and O–H groups in total. The van der Waals surface area contributed by atoms with E-state index >= 15 is 0 Å². The first-order valence-corrected chi connectivity index (χ1v) is 9.62. The van der Waals surface area contributed by atoms with E-state index in [1.807, 2.05) is 0 Å². The van der Waals surface area contributed by atoms with Crippen molar-refractivity contribution < 1.29 is 18.4 Å². The van der Waals surface area contributed by atoms with Crippen molar-refractivity contribution in [3.05, 3.63) is 46.5 Å². The summed E-state index contributed by atoms with van der Waals surface area (Å²) in [6, 6.07) is 3.70. The van der Waals surface area contributed by atoms with Gasteiger partial charge in [-0.1, -0.05) is 10.6 Å². The predicted octanol–water partition coefficient (Wildman–Crippen LogP) is 2.47. The zero-order valence-corrected chi connectivity index (χ0v) is 15.3. The van der Waals surface area contributed by atoms with E-state index in [1.165, 1.54) is 6.07 Å². The first-order valence-electron chi connectivity index (χ1n) is 8.78. The number of hydrogen-bond donors (Lipinski definition) is 0. The third-order valence-corrected chi connectivity index (χ3v) is 5.91. The molecule has 27 heavy (non-hydrogen) atoms. The van der Waals surface area contributed by atoms with Crippen LogP contribution in [0.15, 0.2) is 23.6 Å². The van der Waals surface area contributed by atoms with Gasteiger partial charge in [0, 0.05) is 31.6 Å². The molecule has 4 rings (SSSR count). The Bertz CT molecular complexity index is 876. The normalized spacial score (nSPS) is 22.7. The zero-order valence-electron chi connectivity index (χ0n) is 14.5. The molecule has 1 aromatic heterocycles. The summed E-state index contributed by atoms with van der Waals surface area (Å²) in [7, 11) is 0. The van der Waals surface area contributed by atoms with Crippen molar-refractivity contribution in [3.63, 3.8) is 0 Å². The molecule has 2 aromatic rings. The highest BCUT2D eigenvalue weighted by Crippen LogP contribution is 2.40. The molecule has 1 unspecified atom stereocenters. The SMILES string of the molecule is O=C(c1csnn1)N1CCC2(CCCN(Cc3ccc(F)c(F)c3)C2=O)C1. The second-order valence-corrected chi connectivity index (χ2v) is 7.74. The number of hydrogen-bond acceptors (Lipinski definition) is 5. The fraction of sp³-hybridized carbons (Fsp3) is 0.444. The maximum absolute atomic E-state index is 13.5. The van der Waals surface area contributed by atoms with Crippen LogP contribution >= 0.6 is 11.5 Å². The van der Waals surface area contributed by atoms with Gasteiger partial charge in [0.15, 0.2) is 17.3 Å². The van der Waals surface area contributed by atoms with E-state index in [0.717, 1.165) is 36.5 Å². The van der Waals surface area contributed by atoms with E-state index in [9.17, 15) is 18.4 Å². The molecule has 2 amide bonds. The second-order valence-electron chi connectivity index (χ2n) is 7.13. The molecular formula is C18H18F2N4O2S. The van der Waals surface area contributed by atoms with Crippen molar-refractivity contribution >= 4 is 23.3 Å². The zero-order chi connectivity index (χ0) is 19.0. The minimum Gasteiger partial charge on any atom is -0.338 e. The standard InChI is InChI=1S/C18H18F2N4O2S/c19-13-3-2-12(8-14(13)20)9-23-6-1-4-18(17(23)26)5-7-24(11-18)16(25)15-10-27-22-21-15/h2-3,8,10H,1,4-7,9,11H2. The molecule has 1 atom stereocenters. The van der Waals surface area contributed by atoms with Crippen LogP contribution in [0.1, 0.15) is 35.3 Å². The van der Waals surface area contributed by atoms with Crippen LogP contribution in [0.3, 0.4) is 0 Å². The molecule has 142 valence electrons. The maximum Gasteiger partial charge on any atom is 0.275 e. The molecule has 9 heteroatoms. The van der Waals surface area contributed by atoms with E-state index in [4.69, 9.17) is 0 Å². The molecule has 2 aliphatic rings. The third kappa shape index (κ3) is 3.31. The number of carbonyl (C=O) groups is 2. The van der Waals surface area contributed by atoms with Gasteiger partial charge in [-0.25, -0.2) is 8.78 Å². The summed E-state index contributed by atoms with van der Waals surface area (Å²) >= 11 is 1.12. The molecule has 1 spiro atoms. The van der Waals surface area contributed by atoms with Crippen molar-refractivity contribution in [1.29, 1.82) is 0 Å². The summed E-state index contributed by atoms with van der Waals surface area (Å²) in [6.07, 6.45) is 2.14. The number of likely N-dealkylation sites (tertiary alicyclic amines) is 2. The molecule has 0 aliphatic carbocycles. The van der Waals surface area contributed by atoms with E-state index in [-0.39, 0.29) is 18.4 Å². The highest BCUT2D eigenvalue weighted by Gasteiger charge is 2.49. The minimum atomic E-state index is -0.916. The molecule has 6 nitrogen and oxygen atoms in total. The maximum atomic E-state index is 13.5. The average Bonchev–Trinajstić information content (AvgIpc) is 3.33. The number of aromatic nitrogens is 2. The molecule has 2 fully saturated rings. The topological polar surface area (TPSA) is 66.4 Å². The van der Waals surface area contributed by atoms with Gasteiger partial charge in [-0.05, 0) is 48.5 Å². The Labute approximate surface area is 158 Å². The van der Waals surface area contributed by atoms with Crippen LogP contribution in [0, 0.1) is 17.0 Å². The highest BCUT2D eigenvalue weighted by atomic mass is 32.1. The van der Waals surface area contributed by atoms with Gasteiger partial charge in [-0.2, -0.15) is 0 Å². The summed E-state index contributed by atoms with van der Waals surface area (Å²) < 4.78 is 30.3. The average molecular weight is 392 g/mol. The van der Waals surface area contributed by atoms with Crippen LogP contribution in [0.2, 0.25) is 0 Å². The van der Waals surface area contributed by atoms with Gasteiger partial charge in [0.1, 0.15) is 0 Å². The highest BCUT2D eigenvalue weighted by molar-refractivity contribution is 7.03. The smallest absolute Gasteiger partial charge is 0.275 e. The lowest BCUT2D eigenvalue weighted by Crippen LogP contribution is -2.50. The Morgan fingerprint density at radius 2 is 2.07 bits per heavy atom. The van der Waals surface area contributed by atoms with Crippen molar-refractivity contribution in [2.45, 2.75) is 25.8 Å². The number of amides is 2. The first kappa shape index (κ1) is 18.0. The summed E-state index contributed by atoms with van der Waals surface area (Å²) in [5.74, 6) is -2.04. The van der Waals surface area contributed by atoms with Crippen molar-refractivity contribution in [2.24, 2.45) is 5.41 Å². The summed E-state index contributed by atoms with van der Waals surface area (Å²) in [4.78, 5) is 29.0. The summed E-state index contributed by atoms with van der Waals surface area (Å²) in [5, 5.41) is 5.42. The second kappa shape index (κ2) is 6.95. The largest absolute Gasteiger partial charge is 0.338 e. The van der Waals surface area contributed by atoms with Gasteiger partial charge in [0.2, 0.25) is 5.91 Å². The van der Waals surface area contributed by atoms with Crippen molar-refractivity contribution in [3.8, 4) is 0 Å². The van der Waals surface area contributed by atoms with Gasteiger partial charge in [-0.3, -0.25) is 9.59 Å². The Morgan fingerprint density at radius 3 is 2.81 bits per heavy atom. The van der Waals surface area contributed by atoms with E-state index in [2.05, 4.69) is 9.59 Å². The fourth-order valence-corrected chi connectivity index (χ4v) is 4.44. The van der Waals surface area contributed by atoms with E-state index < -0.39 is 17.0 Å². The van der Waals surface area contributed by atoms with Gasteiger partial charge in [-0.15, -0.1) is 5.10 Å². The fourth-order valence-electron chi connectivity index (χ4n) is 4.01. The van der Waals surface area contributed by atoms with Gasteiger partial charge in [0.05, 0.1) is 5.41 Å². The number of piperidine rings is 1. The van der Waals surface area contributed by atoms with Gasteiger partial charge >= 0.3 is 0 Å². The quantitative estimate of drug-likeness (QED) is 0.805. The monoisotopic (exact) mass is 392 g/mol. The lowest BCUT2D eigenvalue weighted by molar-refractivity contribution is -0.146. The molecule has 0 radical (unpaired) electrons.